The van der Waals surface area contributed by atoms with Gasteiger partial charge in [0.1, 0.15) is 6.54 Å². The molecule has 1 aliphatic heterocycles. The second kappa shape index (κ2) is 4.71. The molecule has 1 fully saturated rings. The number of hydrogen-bond donors (Lipinski definition) is 0. The largest absolute Gasteiger partial charge is 0.487 e. The summed E-state index contributed by atoms with van der Waals surface area (Å²) in [5.74, 6) is 1.06. The second-order valence-corrected chi connectivity index (χ2v) is 7.95. The molecule has 1 aromatic heterocycles. The lowest BCUT2D eigenvalue weighted by Crippen LogP contribution is -2.46. The number of para-hydroxylation sites is 1. The lowest BCUT2D eigenvalue weighted by atomic mass is 9.75. The van der Waals surface area contributed by atoms with Crippen LogP contribution >= 0.6 is 0 Å². The van der Waals surface area contributed by atoms with Crippen LogP contribution in [0.2, 0.25) is 0 Å². The first-order valence-electron chi connectivity index (χ1n) is 8.62. The van der Waals surface area contributed by atoms with Crippen LogP contribution in [0.1, 0.15) is 52.1 Å². The smallest absolute Gasteiger partial charge is 0.255 e. The average molecular weight is 296 g/mol. The van der Waals surface area contributed by atoms with E-state index in [0.717, 1.165) is 25.3 Å². The monoisotopic (exact) mass is 296 g/mol. The molecule has 0 radical (unpaired) electrons. The van der Waals surface area contributed by atoms with E-state index in [4.69, 9.17) is 4.74 Å². The van der Waals surface area contributed by atoms with Crippen LogP contribution in [0.15, 0.2) is 30.3 Å². The third-order valence-corrected chi connectivity index (χ3v) is 5.72. The van der Waals surface area contributed by atoms with Crippen LogP contribution in [-0.2, 0) is 12.0 Å². The van der Waals surface area contributed by atoms with Crippen molar-refractivity contribution in [1.29, 1.82) is 0 Å². The highest BCUT2D eigenvalue weighted by atomic mass is 16.5. The fourth-order valence-corrected chi connectivity index (χ4v) is 4.18. The van der Waals surface area contributed by atoms with Gasteiger partial charge in [0.05, 0.1) is 17.4 Å². The van der Waals surface area contributed by atoms with Crippen LogP contribution in [0.4, 0.5) is 0 Å². The summed E-state index contributed by atoms with van der Waals surface area (Å²) in [5, 5.41) is 1.30. The molecule has 0 amide bonds. The molecular formula is C20H26NO+. The third kappa shape index (κ3) is 1.96. The van der Waals surface area contributed by atoms with E-state index in [9.17, 15) is 0 Å². The predicted molar refractivity (Wildman–Crippen MR) is 89.2 cm³/mol. The predicted octanol–water partition coefficient (Wildman–Crippen LogP) is 4.38. The zero-order chi connectivity index (χ0) is 15.4. The quantitative estimate of drug-likeness (QED) is 0.712. The van der Waals surface area contributed by atoms with Gasteiger partial charge in [-0.25, -0.2) is 0 Å². The van der Waals surface area contributed by atoms with E-state index < -0.39 is 0 Å². The SMILES string of the molecule is CC(C)(C)C1(c2ccc3cccc4c3[n+]2CCCCO4)CC1. The first kappa shape index (κ1) is 14.0. The Morgan fingerprint density at radius 2 is 1.86 bits per heavy atom. The second-order valence-electron chi connectivity index (χ2n) is 7.95. The van der Waals surface area contributed by atoms with E-state index in [-0.39, 0.29) is 0 Å². The van der Waals surface area contributed by atoms with Crippen LogP contribution in [0.5, 0.6) is 5.75 Å². The number of hydrogen-bond acceptors (Lipinski definition) is 1. The molecule has 0 bridgehead atoms. The molecule has 2 nitrogen and oxygen atoms in total. The normalized spacial score (nSPS) is 20.1. The van der Waals surface area contributed by atoms with E-state index in [1.807, 2.05) is 0 Å². The summed E-state index contributed by atoms with van der Waals surface area (Å²) in [4.78, 5) is 0. The zero-order valence-corrected chi connectivity index (χ0v) is 14.0. The number of aryl methyl sites for hydroxylation is 1. The van der Waals surface area contributed by atoms with Gasteiger partial charge in [-0.15, -0.1) is 0 Å². The minimum Gasteiger partial charge on any atom is -0.487 e. The topological polar surface area (TPSA) is 13.1 Å². The summed E-state index contributed by atoms with van der Waals surface area (Å²) in [6.07, 6.45) is 4.96. The molecule has 0 unspecified atom stereocenters. The summed E-state index contributed by atoms with van der Waals surface area (Å²) in [6.45, 7) is 9.13. The Balaban J connectivity index is 2.00. The maximum Gasteiger partial charge on any atom is 0.255 e. The molecule has 2 heterocycles. The van der Waals surface area contributed by atoms with Crippen molar-refractivity contribution >= 4 is 10.9 Å². The Hall–Kier alpha value is -1.57. The third-order valence-electron chi connectivity index (χ3n) is 5.72. The summed E-state index contributed by atoms with van der Waals surface area (Å²) < 4.78 is 8.62. The van der Waals surface area contributed by atoms with Gasteiger partial charge in [0.15, 0.2) is 11.4 Å². The van der Waals surface area contributed by atoms with E-state index in [1.54, 1.807) is 0 Å². The Morgan fingerprint density at radius 1 is 1.05 bits per heavy atom. The molecule has 0 atom stereocenters. The van der Waals surface area contributed by atoms with Crippen LogP contribution in [0, 0.1) is 5.41 Å². The Bertz CT molecular complexity index is 722. The van der Waals surface area contributed by atoms with E-state index in [0.29, 0.717) is 10.8 Å². The molecule has 4 rings (SSSR count). The minimum absolute atomic E-state index is 0.308. The van der Waals surface area contributed by atoms with Crippen molar-refractivity contribution < 1.29 is 9.30 Å². The van der Waals surface area contributed by atoms with E-state index >= 15 is 0 Å². The molecule has 0 N–H and O–H groups in total. The van der Waals surface area contributed by atoms with Gasteiger partial charge in [-0.1, -0.05) is 26.8 Å². The van der Waals surface area contributed by atoms with Crippen molar-refractivity contribution in [2.45, 2.75) is 58.4 Å². The number of rotatable bonds is 1. The lowest BCUT2D eigenvalue weighted by Gasteiger charge is -2.29. The van der Waals surface area contributed by atoms with Gasteiger partial charge in [-0.2, -0.15) is 4.57 Å². The number of pyridine rings is 1. The van der Waals surface area contributed by atoms with Crippen LogP contribution in [0.25, 0.3) is 10.9 Å². The number of benzene rings is 1. The Morgan fingerprint density at radius 3 is 2.59 bits per heavy atom. The molecule has 0 saturated heterocycles. The molecule has 22 heavy (non-hydrogen) atoms. The number of nitrogens with zero attached hydrogens (tertiary/aromatic N) is 1. The minimum atomic E-state index is 0.308. The van der Waals surface area contributed by atoms with Gasteiger partial charge in [0.25, 0.3) is 5.52 Å². The molecule has 1 saturated carbocycles. The molecule has 2 heteroatoms. The first-order valence-corrected chi connectivity index (χ1v) is 8.62. The van der Waals surface area contributed by atoms with Gasteiger partial charge in [0, 0.05) is 12.5 Å². The molecular weight excluding hydrogens is 270 g/mol. The Kier molecular flexibility index (Phi) is 3.01. The highest BCUT2D eigenvalue weighted by Crippen LogP contribution is 2.59. The summed E-state index contributed by atoms with van der Waals surface area (Å²) in [5.41, 5.74) is 3.47. The first-order chi connectivity index (χ1) is 10.5. The lowest BCUT2D eigenvalue weighted by molar-refractivity contribution is -0.683. The van der Waals surface area contributed by atoms with E-state index in [1.165, 1.54) is 35.9 Å². The summed E-state index contributed by atoms with van der Waals surface area (Å²) >= 11 is 0. The van der Waals surface area contributed by atoms with Gasteiger partial charge in [0.2, 0.25) is 0 Å². The van der Waals surface area contributed by atoms with Crippen molar-refractivity contribution in [2.75, 3.05) is 6.61 Å². The average Bonchev–Trinajstić information content (AvgIpc) is 3.25. The Labute approximate surface area is 133 Å². The molecule has 1 aliphatic carbocycles. The fraction of sp³-hybridized carbons (Fsp3) is 0.550. The van der Waals surface area contributed by atoms with Crippen molar-refractivity contribution in [2.24, 2.45) is 5.41 Å². The van der Waals surface area contributed by atoms with Crippen LogP contribution < -0.4 is 9.30 Å². The number of ether oxygens (including phenoxy) is 1. The summed E-state index contributed by atoms with van der Waals surface area (Å²) in [7, 11) is 0. The molecule has 1 aromatic carbocycles. The highest BCUT2D eigenvalue weighted by Gasteiger charge is 2.58. The van der Waals surface area contributed by atoms with Gasteiger partial charge in [-0.3, -0.25) is 0 Å². The summed E-state index contributed by atoms with van der Waals surface area (Å²) in [6, 6.07) is 11.1. The number of aromatic nitrogens is 1. The molecule has 116 valence electrons. The molecule has 2 aliphatic rings. The maximum absolute atomic E-state index is 6.05. The fourth-order valence-electron chi connectivity index (χ4n) is 4.18. The standard InChI is InChI=1S/C20H26NO/c1-19(2,3)20(11-12-20)17-10-9-15-7-6-8-16-18(15)21(17)13-4-5-14-22-16/h6-10H,4-5,11-14H2,1-3H3/q+1. The van der Waals surface area contributed by atoms with Crippen molar-refractivity contribution in [3.63, 3.8) is 0 Å². The maximum atomic E-state index is 6.05. The van der Waals surface area contributed by atoms with Gasteiger partial charge < -0.3 is 4.74 Å². The van der Waals surface area contributed by atoms with Gasteiger partial charge >= 0.3 is 0 Å². The van der Waals surface area contributed by atoms with Crippen LogP contribution in [0.3, 0.4) is 0 Å². The molecule has 0 spiro atoms. The van der Waals surface area contributed by atoms with Crippen molar-refractivity contribution in [3.05, 3.63) is 36.0 Å². The van der Waals surface area contributed by atoms with Crippen molar-refractivity contribution in [1.82, 2.24) is 0 Å². The van der Waals surface area contributed by atoms with Crippen molar-refractivity contribution in [3.8, 4) is 5.75 Å². The highest BCUT2D eigenvalue weighted by molar-refractivity contribution is 5.81. The van der Waals surface area contributed by atoms with E-state index in [2.05, 4.69) is 55.7 Å². The molecule has 2 aromatic rings. The zero-order valence-electron chi connectivity index (χ0n) is 14.0. The van der Waals surface area contributed by atoms with Gasteiger partial charge in [-0.05, 0) is 42.9 Å². The van der Waals surface area contributed by atoms with Crippen LogP contribution in [-0.4, -0.2) is 6.61 Å².